The highest BCUT2D eigenvalue weighted by Crippen LogP contribution is 2.16. The van der Waals surface area contributed by atoms with E-state index in [1.165, 1.54) is 10.9 Å². The Bertz CT molecular complexity index is 591. The Kier molecular flexibility index (Phi) is 2.96. The van der Waals surface area contributed by atoms with Crippen molar-refractivity contribution in [3.05, 3.63) is 42.1 Å². The highest BCUT2D eigenvalue weighted by molar-refractivity contribution is 6.06. The maximum Gasteiger partial charge on any atom is 0.319 e. The second-order valence-electron chi connectivity index (χ2n) is 3.51. The summed E-state index contributed by atoms with van der Waals surface area (Å²) in [6.45, 7) is 0. The van der Waals surface area contributed by atoms with Crippen LogP contribution in [0, 0.1) is 0 Å². The number of benzene rings is 1. The molecule has 2 rings (SSSR count). The number of aromatic nitrogens is 2. The van der Waals surface area contributed by atoms with Crippen LogP contribution in [0.15, 0.2) is 36.5 Å². The summed E-state index contributed by atoms with van der Waals surface area (Å²) in [5.74, 6) is -0.540. The van der Waals surface area contributed by atoms with Gasteiger partial charge in [-0.1, -0.05) is 18.2 Å². The van der Waals surface area contributed by atoms with Crippen molar-refractivity contribution < 1.29 is 9.59 Å². The number of nitrogens with one attached hydrogen (secondary N) is 1. The van der Waals surface area contributed by atoms with E-state index in [9.17, 15) is 9.59 Å². The molecule has 0 saturated heterocycles. The lowest BCUT2D eigenvalue weighted by Crippen LogP contribution is -2.35. The zero-order chi connectivity index (χ0) is 13.1. The molecular formula is C11H11N5O2. The average Bonchev–Trinajstić information content (AvgIpc) is 2.71. The van der Waals surface area contributed by atoms with E-state index in [4.69, 9.17) is 11.5 Å². The van der Waals surface area contributed by atoms with E-state index in [2.05, 4.69) is 5.10 Å². The number of imide groups is 1. The van der Waals surface area contributed by atoms with E-state index >= 15 is 0 Å². The van der Waals surface area contributed by atoms with Crippen LogP contribution in [0.2, 0.25) is 0 Å². The Morgan fingerprint density at radius 1 is 1.22 bits per heavy atom. The molecule has 18 heavy (non-hydrogen) atoms. The molecule has 0 aliphatic carbocycles. The Morgan fingerprint density at radius 3 is 2.50 bits per heavy atom. The summed E-state index contributed by atoms with van der Waals surface area (Å²) in [5, 5.41) is 5.92. The third-order valence-electron chi connectivity index (χ3n) is 2.29. The summed E-state index contributed by atoms with van der Waals surface area (Å²) in [6, 6.07) is 8.13. The molecule has 0 atom stereocenters. The molecule has 3 amide bonds. The first-order valence-corrected chi connectivity index (χ1v) is 5.09. The van der Waals surface area contributed by atoms with Gasteiger partial charge in [0.1, 0.15) is 11.4 Å². The van der Waals surface area contributed by atoms with Crippen LogP contribution in [-0.2, 0) is 0 Å². The predicted molar refractivity (Wildman–Crippen MR) is 65.0 cm³/mol. The first-order valence-electron chi connectivity index (χ1n) is 5.09. The van der Waals surface area contributed by atoms with Crippen molar-refractivity contribution in [1.82, 2.24) is 15.1 Å². The molecule has 1 aromatic carbocycles. The highest BCUT2D eigenvalue weighted by atomic mass is 16.2. The van der Waals surface area contributed by atoms with Gasteiger partial charge in [0.15, 0.2) is 0 Å². The molecule has 0 saturated carbocycles. The van der Waals surface area contributed by atoms with Crippen molar-refractivity contribution in [2.75, 3.05) is 5.73 Å². The minimum Gasteiger partial charge on any atom is -0.383 e. The Hall–Kier alpha value is -2.83. The molecule has 1 aromatic heterocycles. The predicted octanol–water partition coefficient (Wildman–Crippen LogP) is 0.263. The zero-order valence-electron chi connectivity index (χ0n) is 9.33. The second kappa shape index (κ2) is 4.58. The van der Waals surface area contributed by atoms with Gasteiger partial charge < -0.3 is 11.5 Å². The van der Waals surface area contributed by atoms with E-state index in [1.54, 1.807) is 12.1 Å². The topological polar surface area (TPSA) is 116 Å². The number of primary amides is 1. The molecule has 7 heteroatoms. The summed E-state index contributed by atoms with van der Waals surface area (Å²) < 4.78 is 1.40. The lowest BCUT2D eigenvalue weighted by atomic mass is 10.3. The van der Waals surface area contributed by atoms with Gasteiger partial charge in [0.25, 0.3) is 5.91 Å². The molecule has 0 aliphatic rings. The van der Waals surface area contributed by atoms with Crippen LogP contribution in [-0.4, -0.2) is 21.7 Å². The van der Waals surface area contributed by atoms with Crippen LogP contribution in [0.5, 0.6) is 0 Å². The summed E-state index contributed by atoms with van der Waals surface area (Å²) in [4.78, 5) is 22.2. The van der Waals surface area contributed by atoms with Crippen LogP contribution in [0.25, 0.3) is 5.69 Å². The number of urea groups is 1. The second-order valence-corrected chi connectivity index (χ2v) is 3.51. The molecule has 0 unspecified atom stereocenters. The van der Waals surface area contributed by atoms with Crippen molar-refractivity contribution in [2.24, 2.45) is 5.73 Å². The number of nitrogen functional groups attached to an aromatic ring is 1. The Morgan fingerprint density at radius 2 is 1.89 bits per heavy atom. The maximum absolute atomic E-state index is 11.6. The normalized spacial score (nSPS) is 10.0. The highest BCUT2D eigenvalue weighted by Gasteiger charge is 2.16. The third kappa shape index (κ3) is 2.14. The number of para-hydroxylation sites is 1. The minimum atomic E-state index is -0.938. The molecule has 0 bridgehead atoms. The van der Waals surface area contributed by atoms with Crippen LogP contribution < -0.4 is 16.8 Å². The van der Waals surface area contributed by atoms with E-state index in [-0.39, 0.29) is 11.4 Å². The molecule has 0 radical (unpaired) electrons. The van der Waals surface area contributed by atoms with Crippen molar-refractivity contribution in [3.8, 4) is 5.69 Å². The van der Waals surface area contributed by atoms with Gasteiger partial charge in [-0.3, -0.25) is 10.1 Å². The van der Waals surface area contributed by atoms with Gasteiger partial charge in [0, 0.05) is 0 Å². The van der Waals surface area contributed by atoms with Crippen LogP contribution in [0.4, 0.5) is 10.6 Å². The van der Waals surface area contributed by atoms with Crippen molar-refractivity contribution in [3.63, 3.8) is 0 Å². The molecule has 7 nitrogen and oxygen atoms in total. The van der Waals surface area contributed by atoms with E-state index in [0.29, 0.717) is 5.69 Å². The summed E-state index contributed by atoms with van der Waals surface area (Å²) >= 11 is 0. The molecule has 92 valence electrons. The maximum atomic E-state index is 11.6. The molecule has 0 aliphatic heterocycles. The molecule has 2 aromatic rings. The SMILES string of the molecule is NC(=O)NC(=O)c1cnn(-c2ccccc2)c1N. The fourth-order valence-electron chi connectivity index (χ4n) is 1.49. The standard InChI is InChI=1S/C11H11N5O2/c12-9-8(10(17)15-11(13)18)6-14-16(9)7-4-2-1-3-5-7/h1-6H,12H2,(H3,13,15,17,18). The number of hydrogen-bond acceptors (Lipinski definition) is 4. The number of carbonyl (C=O) groups is 2. The Balaban J connectivity index is 2.35. The van der Waals surface area contributed by atoms with Crippen molar-refractivity contribution in [2.45, 2.75) is 0 Å². The lowest BCUT2D eigenvalue weighted by Gasteiger charge is -2.04. The van der Waals surface area contributed by atoms with E-state index < -0.39 is 11.9 Å². The molecule has 1 heterocycles. The smallest absolute Gasteiger partial charge is 0.319 e. The number of hydrogen-bond donors (Lipinski definition) is 3. The van der Waals surface area contributed by atoms with Gasteiger partial charge in [-0.15, -0.1) is 0 Å². The van der Waals surface area contributed by atoms with Gasteiger partial charge in [-0.2, -0.15) is 5.10 Å². The largest absolute Gasteiger partial charge is 0.383 e. The molecule has 0 spiro atoms. The summed E-state index contributed by atoms with van der Waals surface area (Å²) in [6.07, 6.45) is 1.28. The van der Waals surface area contributed by atoms with E-state index in [1.807, 2.05) is 23.5 Å². The zero-order valence-corrected chi connectivity index (χ0v) is 9.33. The average molecular weight is 245 g/mol. The van der Waals surface area contributed by atoms with Gasteiger partial charge in [-0.05, 0) is 12.1 Å². The van der Waals surface area contributed by atoms with Gasteiger partial charge >= 0.3 is 6.03 Å². The van der Waals surface area contributed by atoms with Gasteiger partial charge in [-0.25, -0.2) is 9.48 Å². The fraction of sp³-hybridized carbons (Fsp3) is 0. The van der Waals surface area contributed by atoms with Gasteiger partial charge in [0.05, 0.1) is 11.9 Å². The van der Waals surface area contributed by atoms with Crippen LogP contribution in [0.3, 0.4) is 0 Å². The quantitative estimate of drug-likeness (QED) is 0.703. The van der Waals surface area contributed by atoms with Crippen LogP contribution in [0.1, 0.15) is 10.4 Å². The molecule has 0 fully saturated rings. The lowest BCUT2D eigenvalue weighted by molar-refractivity contribution is 0.0967. The number of carbonyl (C=O) groups excluding carboxylic acids is 2. The minimum absolute atomic E-state index is 0.0950. The first-order chi connectivity index (χ1) is 8.59. The summed E-state index contributed by atoms with van der Waals surface area (Å²) in [7, 11) is 0. The fourth-order valence-corrected chi connectivity index (χ4v) is 1.49. The van der Waals surface area contributed by atoms with Gasteiger partial charge in [0.2, 0.25) is 0 Å². The number of anilines is 1. The number of nitrogens with zero attached hydrogens (tertiary/aromatic N) is 2. The van der Waals surface area contributed by atoms with Crippen molar-refractivity contribution >= 4 is 17.8 Å². The molecule has 5 N–H and O–H groups in total. The van der Waals surface area contributed by atoms with Crippen molar-refractivity contribution in [1.29, 1.82) is 0 Å². The first kappa shape index (κ1) is 11.6. The summed E-state index contributed by atoms with van der Waals surface area (Å²) in [5.41, 5.74) is 11.5. The molecular weight excluding hydrogens is 234 g/mol. The number of rotatable bonds is 2. The monoisotopic (exact) mass is 245 g/mol. The third-order valence-corrected chi connectivity index (χ3v) is 2.29. The number of nitrogens with two attached hydrogens (primary N) is 2. The Labute approximate surface area is 102 Å². The number of amides is 3. The van der Waals surface area contributed by atoms with Crippen LogP contribution >= 0.6 is 0 Å². The van der Waals surface area contributed by atoms with E-state index in [0.717, 1.165) is 0 Å².